The number of likely N-dealkylation sites (tertiary alicyclic amines) is 1. The molecular weight excluding hydrogens is 350 g/mol. The summed E-state index contributed by atoms with van der Waals surface area (Å²) in [4.78, 5) is 22.8. The van der Waals surface area contributed by atoms with Gasteiger partial charge in [-0.25, -0.2) is 4.98 Å². The van der Waals surface area contributed by atoms with Crippen LogP contribution in [0.4, 0.5) is 0 Å². The summed E-state index contributed by atoms with van der Waals surface area (Å²) in [5.74, 6) is 1.62. The van der Waals surface area contributed by atoms with Crippen molar-refractivity contribution < 1.29 is 4.74 Å². The zero-order chi connectivity index (χ0) is 19.5. The second-order valence-corrected chi connectivity index (χ2v) is 7.59. The lowest BCUT2D eigenvalue weighted by atomic mass is 10.0. The van der Waals surface area contributed by atoms with Crippen molar-refractivity contribution >= 4 is 10.9 Å². The van der Waals surface area contributed by atoms with Crippen molar-refractivity contribution in [3.63, 3.8) is 0 Å². The van der Waals surface area contributed by atoms with Crippen LogP contribution < -0.4 is 10.3 Å². The fourth-order valence-electron chi connectivity index (χ4n) is 4.18. The van der Waals surface area contributed by atoms with Gasteiger partial charge >= 0.3 is 0 Å². The minimum atomic E-state index is -0.0560. The molecule has 3 aromatic rings. The Morgan fingerprint density at radius 2 is 1.96 bits per heavy atom. The maximum atomic E-state index is 12.6. The second-order valence-electron chi connectivity index (χ2n) is 7.59. The molecule has 2 aromatic carbocycles. The van der Waals surface area contributed by atoms with E-state index in [9.17, 15) is 4.79 Å². The Labute approximate surface area is 165 Å². The van der Waals surface area contributed by atoms with Gasteiger partial charge in [-0.3, -0.25) is 9.69 Å². The third-order valence-electron chi connectivity index (χ3n) is 5.70. The van der Waals surface area contributed by atoms with Gasteiger partial charge in [-0.05, 0) is 55.6 Å². The van der Waals surface area contributed by atoms with Crippen LogP contribution >= 0.6 is 0 Å². The SMILES string of the molecule is COc1ccc([C@@H]2CCCCCN2Cc2nc3c(C)cccc3c(=O)[nH]2)cc1. The van der Waals surface area contributed by atoms with Gasteiger partial charge in [0.1, 0.15) is 11.6 Å². The molecule has 5 heteroatoms. The molecule has 1 aliphatic rings. The van der Waals surface area contributed by atoms with Crippen LogP contribution in [-0.2, 0) is 6.54 Å². The number of methoxy groups -OCH3 is 1. The Kier molecular flexibility index (Phi) is 5.44. The Bertz CT molecular complexity index is 1010. The number of hydrogen-bond acceptors (Lipinski definition) is 4. The van der Waals surface area contributed by atoms with Gasteiger partial charge in [-0.1, -0.05) is 37.1 Å². The quantitative estimate of drug-likeness (QED) is 0.734. The average Bonchev–Trinajstić information content (AvgIpc) is 2.94. The van der Waals surface area contributed by atoms with Crippen molar-refractivity contribution in [2.24, 2.45) is 0 Å². The fourth-order valence-corrected chi connectivity index (χ4v) is 4.18. The molecule has 0 bridgehead atoms. The van der Waals surface area contributed by atoms with E-state index < -0.39 is 0 Å². The van der Waals surface area contributed by atoms with Crippen LogP contribution in [0.2, 0.25) is 0 Å². The normalized spacial score (nSPS) is 18.1. The number of para-hydroxylation sites is 1. The van der Waals surface area contributed by atoms with Crippen molar-refractivity contribution in [2.75, 3.05) is 13.7 Å². The minimum absolute atomic E-state index is 0.0560. The van der Waals surface area contributed by atoms with Gasteiger partial charge in [-0.2, -0.15) is 0 Å². The Balaban J connectivity index is 1.66. The van der Waals surface area contributed by atoms with Gasteiger partial charge in [0.05, 0.1) is 24.6 Å². The first-order valence-corrected chi connectivity index (χ1v) is 10.0. The number of rotatable bonds is 4. The highest BCUT2D eigenvalue weighted by molar-refractivity contribution is 5.80. The van der Waals surface area contributed by atoms with E-state index in [0.29, 0.717) is 18.0 Å². The first-order valence-electron chi connectivity index (χ1n) is 10.0. The van der Waals surface area contributed by atoms with E-state index in [0.717, 1.165) is 35.6 Å². The van der Waals surface area contributed by atoms with Gasteiger partial charge in [0.25, 0.3) is 5.56 Å². The Morgan fingerprint density at radius 3 is 2.75 bits per heavy atom. The number of aromatic amines is 1. The van der Waals surface area contributed by atoms with Gasteiger partial charge in [0.2, 0.25) is 0 Å². The smallest absolute Gasteiger partial charge is 0.258 e. The number of nitrogens with one attached hydrogen (secondary N) is 1. The van der Waals surface area contributed by atoms with Crippen molar-refractivity contribution in [3.05, 3.63) is 69.8 Å². The summed E-state index contributed by atoms with van der Waals surface area (Å²) in [6.07, 6.45) is 4.74. The first-order chi connectivity index (χ1) is 13.7. The van der Waals surface area contributed by atoms with E-state index in [4.69, 9.17) is 9.72 Å². The number of aryl methyl sites for hydroxylation is 1. The Hall–Kier alpha value is -2.66. The van der Waals surface area contributed by atoms with Crippen LogP contribution in [0.25, 0.3) is 10.9 Å². The van der Waals surface area contributed by atoms with E-state index in [1.54, 1.807) is 7.11 Å². The predicted molar refractivity (Wildman–Crippen MR) is 112 cm³/mol. The van der Waals surface area contributed by atoms with E-state index in [-0.39, 0.29) is 5.56 Å². The Morgan fingerprint density at radius 1 is 1.14 bits per heavy atom. The molecule has 4 rings (SSSR count). The van der Waals surface area contributed by atoms with Crippen LogP contribution in [0.3, 0.4) is 0 Å². The maximum absolute atomic E-state index is 12.6. The zero-order valence-corrected chi connectivity index (χ0v) is 16.6. The summed E-state index contributed by atoms with van der Waals surface area (Å²) >= 11 is 0. The summed E-state index contributed by atoms with van der Waals surface area (Å²) < 4.78 is 5.31. The molecule has 1 atom stereocenters. The zero-order valence-electron chi connectivity index (χ0n) is 16.6. The molecule has 28 heavy (non-hydrogen) atoms. The molecule has 0 unspecified atom stereocenters. The number of H-pyrrole nitrogens is 1. The van der Waals surface area contributed by atoms with Crippen LogP contribution in [0, 0.1) is 6.92 Å². The van der Waals surface area contributed by atoms with Gasteiger partial charge < -0.3 is 9.72 Å². The first kappa shape index (κ1) is 18.7. The van der Waals surface area contributed by atoms with Crippen molar-refractivity contribution in [1.82, 2.24) is 14.9 Å². The molecule has 0 spiro atoms. The molecular formula is C23H27N3O2. The number of hydrogen-bond donors (Lipinski definition) is 1. The average molecular weight is 377 g/mol. The number of benzene rings is 2. The van der Waals surface area contributed by atoms with E-state index in [2.05, 4.69) is 22.0 Å². The summed E-state index contributed by atoms with van der Waals surface area (Å²) in [5, 5.41) is 0.659. The highest BCUT2D eigenvalue weighted by Gasteiger charge is 2.23. The lowest BCUT2D eigenvalue weighted by molar-refractivity contribution is 0.187. The van der Waals surface area contributed by atoms with E-state index in [1.165, 1.54) is 24.8 Å². The number of ether oxygens (including phenoxy) is 1. The molecule has 2 heterocycles. The third kappa shape index (κ3) is 3.80. The molecule has 0 saturated carbocycles. The lowest BCUT2D eigenvalue weighted by Crippen LogP contribution is -2.30. The predicted octanol–water partition coefficient (Wildman–Crippen LogP) is 4.36. The van der Waals surface area contributed by atoms with Crippen LogP contribution in [0.15, 0.2) is 47.3 Å². The third-order valence-corrected chi connectivity index (χ3v) is 5.70. The largest absolute Gasteiger partial charge is 0.497 e. The molecule has 0 radical (unpaired) electrons. The van der Waals surface area contributed by atoms with Crippen molar-refractivity contribution in [3.8, 4) is 5.75 Å². The number of nitrogens with zero attached hydrogens (tertiary/aromatic N) is 2. The summed E-state index contributed by atoms with van der Waals surface area (Å²) in [6.45, 7) is 3.66. The maximum Gasteiger partial charge on any atom is 0.258 e. The van der Waals surface area contributed by atoms with Gasteiger partial charge in [0, 0.05) is 6.04 Å². The molecule has 1 fully saturated rings. The molecule has 1 saturated heterocycles. The number of fused-ring (bicyclic) bond motifs is 1. The summed E-state index contributed by atoms with van der Waals surface area (Å²) in [7, 11) is 1.69. The van der Waals surface area contributed by atoms with E-state index in [1.807, 2.05) is 37.3 Å². The van der Waals surface area contributed by atoms with Crippen LogP contribution in [0.1, 0.15) is 48.7 Å². The molecule has 5 nitrogen and oxygen atoms in total. The van der Waals surface area contributed by atoms with Crippen molar-refractivity contribution in [2.45, 2.75) is 45.2 Å². The van der Waals surface area contributed by atoms with E-state index >= 15 is 0 Å². The molecule has 0 aliphatic carbocycles. The molecule has 146 valence electrons. The molecule has 1 aliphatic heterocycles. The molecule has 1 N–H and O–H groups in total. The summed E-state index contributed by atoms with van der Waals surface area (Å²) in [5.41, 5.74) is 3.08. The molecule has 1 aromatic heterocycles. The lowest BCUT2D eigenvalue weighted by Gasteiger charge is -2.30. The van der Waals surface area contributed by atoms with Gasteiger partial charge in [-0.15, -0.1) is 0 Å². The van der Waals surface area contributed by atoms with Gasteiger partial charge in [0.15, 0.2) is 0 Å². The monoisotopic (exact) mass is 377 g/mol. The summed E-state index contributed by atoms with van der Waals surface area (Å²) in [6, 6.07) is 14.4. The fraction of sp³-hybridized carbons (Fsp3) is 0.391. The van der Waals surface area contributed by atoms with Crippen LogP contribution in [-0.4, -0.2) is 28.5 Å². The second kappa shape index (κ2) is 8.15. The minimum Gasteiger partial charge on any atom is -0.497 e. The molecule has 0 amide bonds. The van der Waals surface area contributed by atoms with Crippen molar-refractivity contribution in [1.29, 1.82) is 0 Å². The number of aromatic nitrogens is 2. The highest BCUT2D eigenvalue weighted by Crippen LogP contribution is 2.32. The standard InChI is InChI=1S/C23H27N3O2/c1-16-7-6-8-19-22(16)24-21(25-23(19)27)15-26-14-5-3-4-9-20(26)17-10-12-18(28-2)13-11-17/h6-8,10-13,20H,3-5,9,14-15H2,1-2H3,(H,24,25,27)/t20-/m0/s1. The highest BCUT2D eigenvalue weighted by atomic mass is 16.5. The van der Waals surface area contributed by atoms with Crippen LogP contribution in [0.5, 0.6) is 5.75 Å². The topological polar surface area (TPSA) is 58.2 Å².